The summed E-state index contributed by atoms with van der Waals surface area (Å²) in [5, 5.41) is 50.6. The summed E-state index contributed by atoms with van der Waals surface area (Å²) in [6.45, 7) is 4.49. The van der Waals surface area contributed by atoms with Gasteiger partial charge in [-0.1, -0.05) is 32.0 Å². The van der Waals surface area contributed by atoms with E-state index in [-0.39, 0.29) is 96.5 Å². The van der Waals surface area contributed by atoms with E-state index in [2.05, 4.69) is 44.0 Å². The van der Waals surface area contributed by atoms with Gasteiger partial charge in [0.1, 0.15) is 18.8 Å². The number of quaternary nitrogens is 1. The van der Waals surface area contributed by atoms with Crippen LogP contribution >= 0.6 is 0 Å². The van der Waals surface area contributed by atoms with Gasteiger partial charge in [-0.3, -0.25) is 9.28 Å². The van der Waals surface area contributed by atoms with E-state index in [1.54, 1.807) is 6.08 Å². The highest BCUT2D eigenvalue weighted by Crippen LogP contribution is 2.73. The Kier molecular flexibility index (Phi) is 7.90. The average molecular weight is 802 g/mol. The highest BCUT2D eigenvalue weighted by Gasteiger charge is 2.83. The van der Waals surface area contributed by atoms with Crippen LogP contribution in [-0.4, -0.2) is 118 Å². The van der Waals surface area contributed by atoms with Crippen LogP contribution in [0.1, 0.15) is 96.5 Å². The van der Waals surface area contributed by atoms with E-state index in [4.69, 9.17) is 14.2 Å². The molecule has 0 unspecified atom stereocenters. The molecule has 4 N–H and O–H groups in total. The number of anilines is 1. The van der Waals surface area contributed by atoms with E-state index in [9.17, 15) is 34.8 Å². The van der Waals surface area contributed by atoms with Crippen molar-refractivity contribution in [3.8, 4) is 0 Å². The fourth-order valence-corrected chi connectivity index (χ4v) is 17.9. The van der Waals surface area contributed by atoms with Gasteiger partial charge in [-0.15, -0.1) is 0 Å². The van der Waals surface area contributed by atoms with Crippen LogP contribution in [0.15, 0.2) is 35.9 Å². The maximum atomic E-state index is 14.6. The fraction of sp³-hybridized carbons (Fsp3) is 0.761. The maximum absolute atomic E-state index is 14.6. The normalized spacial score (nSPS) is 52.6. The van der Waals surface area contributed by atoms with Gasteiger partial charge in [0.15, 0.2) is 12.8 Å². The molecule has 0 radical (unpaired) electrons. The van der Waals surface area contributed by atoms with Crippen molar-refractivity contribution < 1.29 is 53.5 Å². The molecule has 5 saturated carbocycles. The van der Waals surface area contributed by atoms with Crippen LogP contribution in [0.3, 0.4) is 0 Å². The molecule has 0 amide bonds. The Bertz CT molecular complexity index is 2010. The molecule has 1 aromatic rings. The number of aliphatic hydroxyl groups is 4. The summed E-state index contributed by atoms with van der Waals surface area (Å²) in [5.41, 5.74) is -1.55. The second-order valence-electron chi connectivity index (χ2n) is 20.9. The number of hydrogen-bond donors (Lipinski definition) is 4. The van der Waals surface area contributed by atoms with Gasteiger partial charge in [0.05, 0.1) is 47.3 Å². The van der Waals surface area contributed by atoms with Crippen molar-refractivity contribution in [1.29, 1.82) is 0 Å². The van der Waals surface area contributed by atoms with Crippen LogP contribution < -0.4 is 4.90 Å². The number of carbonyl (C=O) groups excluding carboxylic acids is 3. The molecule has 5 aliphatic carbocycles. The van der Waals surface area contributed by atoms with Crippen LogP contribution in [0, 0.1) is 46.3 Å². The molecule has 12 nitrogen and oxygen atoms in total. The van der Waals surface area contributed by atoms with Crippen LogP contribution in [0.5, 0.6) is 0 Å². The zero-order valence-electron chi connectivity index (χ0n) is 34.3. The first-order chi connectivity index (χ1) is 27.7. The number of fused-ring (bicyclic) bond motifs is 7. The summed E-state index contributed by atoms with van der Waals surface area (Å²) in [6.07, 6.45) is 6.02. The van der Waals surface area contributed by atoms with Crippen LogP contribution in [0.4, 0.5) is 5.69 Å². The lowest BCUT2D eigenvalue weighted by molar-refractivity contribution is -1.03. The summed E-state index contributed by atoms with van der Waals surface area (Å²) in [7, 11) is 3.48. The van der Waals surface area contributed by atoms with Crippen molar-refractivity contribution in [3.63, 3.8) is 0 Å². The number of benzene rings is 1. The first-order valence-electron chi connectivity index (χ1n) is 22.3. The molecule has 12 heteroatoms. The number of carbonyl (C=O) groups is 3. The van der Waals surface area contributed by atoms with E-state index in [0.717, 1.165) is 30.5 Å². The van der Waals surface area contributed by atoms with Crippen molar-refractivity contribution in [2.24, 2.45) is 46.3 Å². The third-order valence-electron chi connectivity index (χ3n) is 19.9. The van der Waals surface area contributed by atoms with Crippen molar-refractivity contribution in [3.05, 3.63) is 41.5 Å². The smallest absolute Gasteiger partial charge is 0.362 e. The van der Waals surface area contributed by atoms with E-state index in [1.165, 1.54) is 12.7 Å². The van der Waals surface area contributed by atoms with Crippen molar-refractivity contribution in [2.45, 2.75) is 144 Å². The molecule has 11 aliphatic rings. The topological polar surface area (TPSA) is 163 Å². The Hall–Kier alpha value is -3.03. The zero-order valence-corrected chi connectivity index (χ0v) is 34.3. The Balaban J connectivity index is 0.871. The van der Waals surface area contributed by atoms with Crippen molar-refractivity contribution in [1.82, 2.24) is 0 Å². The second kappa shape index (κ2) is 12.1. The largest absolute Gasteiger partial charge is 0.468 e. The van der Waals surface area contributed by atoms with Gasteiger partial charge in [0.25, 0.3) is 0 Å². The number of aliphatic hydroxyl groups excluding tert-OH is 2. The summed E-state index contributed by atoms with van der Waals surface area (Å²) in [4.78, 5) is 43.2. The number of cyclic esters (lactones) is 1. The molecule has 9 fully saturated rings. The standard InChI is InChI=1S/C46H61N2O10/c1-5-26-27-19-33-38-44(31-8-6-7-9-32(31)47(38)3)21-34(37(27)39(44)51)48(33,40(26)52)22-36(50)58-25-10-16-45(41(53)56-4)29-11-14-42(2)28(24-18-35(49)57-23-24)13-17-46(42,55)30(29)12-15-43(45,54)20-25/h6-9,18,25-30,33-34,37-40,51-52,54-55H,5,10-17,19-23H2,1-4H3/q+1/t25-,26-,27+,28+,29+,30+,33-,34-,37+,38-,39-,40+,42+,43-,44+,45+,46-,48+/m0/s1. The van der Waals surface area contributed by atoms with E-state index in [0.29, 0.717) is 38.5 Å². The molecule has 0 aromatic heterocycles. The van der Waals surface area contributed by atoms with Gasteiger partial charge in [-0.05, 0) is 98.7 Å². The van der Waals surface area contributed by atoms with Gasteiger partial charge in [0, 0.05) is 55.3 Å². The monoisotopic (exact) mass is 801 g/mol. The predicted octanol–water partition coefficient (Wildman–Crippen LogP) is 3.51. The summed E-state index contributed by atoms with van der Waals surface area (Å²) >= 11 is 0. The number of ether oxygens (including phenoxy) is 3. The molecule has 4 saturated heterocycles. The number of piperidine rings is 4. The van der Waals surface area contributed by atoms with Gasteiger partial charge in [0.2, 0.25) is 0 Å². The predicted molar refractivity (Wildman–Crippen MR) is 208 cm³/mol. The Morgan fingerprint density at radius 2 is 1.78 bits per heavy atom. The minimum absolute atomic E-state index is 0.00132. The van der Waals surface area contributed by atoms with Gasteiger partial charge < -0.3 is 39.5 Å². The molecule has 1 spiro atoms. The van der Waals surface area contributed by atoms with Crippen LogP contribution in [0.2, 0.25) is 0 Å². The minimum Gasteiger partial charge on any atom is -0.468 e. The number of esters is 3. The fourth-order valence-electron chi connectivity index (χ4n) is 17.9. The first-order valence-corrected chi connectivity index (χ1v) is 22.3. The average Bonchev–Trinajstić information content (AvgIpc) is 3.89. The molecule has 314 valence electrons. The zero-order chi connectivity index (χ0) is 40.5. The lowest BCUT2D eigenvalue weighted by Gasteiger charge is -2.67. The third kappa shape index (κ3) is 4.14. The molecule has 6 aliphatic heterocycles. The number of methoxy groups -OCH3 is 1. The number of nitrogens with zero attached hydrogens (tertiary/aromatic N) is 2. The van der Waals surface area contributed by atoms with Crippen molar-refractivity contribution >= 4 is 23.6 Å². The molecular weight excluding hydrogens is 741 g/mol. The molecule has 18 atom stereocenters. The maximum Gasteiger partial charge on any atom is 0.362 e. The van der Waals surface area contributed by atoms with E-state index < -0.39 is 57.8 Å². The number of rotatable bonds is 6. The molecule has 58 heavy (non-hydrogen) atoms. The first kappa shape index (κ1) is 37.9. The minimum atomic E-state index is -1.50. The highest BCUT2D eigenvalue weighted by atomic mass is 16.6. The van der Waals surface area contributed by atoms with Gasteiger partial charge in [-0.2, -0.15) is 0 Å². The molecule has 6 heterocycles. The molecule has 5 bridgehead atoms. The third-order valence-corrected chi connectivity index (χ3v) is 19.9. The van der Waals surface area contributed by atoms with E-state index >= 15 is 0 Å². The Morgan fingerprint density at radius 1 is 1.00 bits per heavy atom. The molecule has 1 aromatic carbocycles. The number of likely N-dealkylation sites (N-methyl/N-ethyl adjacent to an activating group) is 1. The number of hydrogen-bond acceptors (Lipinski definition) is 11. The molecular formula is C46H61N2O10+. The van der Waals surface area contributed by atoms with Crippen LogP contribution in [-0.2, 0) is 34.0 Å². The van der Waals surface area contributed by atoms with Crippen LogP contribution in [0.25, 0.3) is 0 Å². The summed E-state index contributed by atoms with van der Waals surface area (Å²) in [6, 6.07) is 8.21. The Labute approximate surface area is 340 Å². The van der Waals surface area contributed by atoms with Crippen molar-refractivity contribution in [2.75, 3.05) is 32.2 Å². The lowest BCUT2D eigenvalue weighted by atomic mass is 9.41. The highest BCUT2D eigenvalue weighted by molar-refractivity contribution is 5.85. The SMILES string of the molecule is CC[C@H]1[C@H]2C[C@H]3[C@@H]4N(C)c5ccccc5[C@]45C[C@@H]([C@@H]2[C@@H]5O)[N@+]3(CC(=O)O[C@H]2CC[C@]3(C(=O)OC)[C@@H]4CC[C@]5(C)[C@@H](C6=CC(=O)OC6)CC[C@]5(O)[C@@H]4CC[C@]3(O)C2)[C@@H]1O. The second-order valence-corrected chi connectivity index (χ2v) is 20.9. The van der Waals surface area contributed by atoms with Gasteiger partial charge in [-0.25, -0.2) is 9.59 Å². The van der Waals surface area contributed by atoms with E-state index in [1.807, 2.05) is 6.07 Å². The quantitative estimate of drug-likeness (QED) is 0.189. The molecule has 12 rings (SSSR count). The summed E-state index contributed by atoms with van der Waals surface area (Å²) < 4.78 is 17.5. The van der Waals surface area contributed by atoms with Gasteiger partial charge >= 0.3 is 17.9 Å². The summed E-state index contributed by atoms with van der Waals surface area (Å²) in [5.74, 6) is -1.64. The Morgan fingerprint density at radius 3 is 2.52 bits per heavy atom. The lowest BCUT2D eigenvalue weighted by Crippen LogP contribution is -2.83. The number of para-hydroxylation sites is 1.